The van der Waals surface area contributed by atoms with E-state index in [-0.39, 0.29) is 0 Å². The van der Waals surface area contributed by atoms with Gasteiger partial charge in [0.2, 0.25) is 0 Å². The lowest BCUT2D eigenvalue weighted by Gasteiger charge is -2.01. The number of para-hydroxylation sites is 2. The molecule has 0 heterocycles. The first kappa shape index (κ1) is 15.2. The number of anilines is 2. The first-order valence-electron chi connectivity index (χ1n) is 6.57. The van der Waals surface area contributed by atoms with E-state index in [9.17, 15) is 10.1 Å². The number of nitro groups is 1. The summed E-state index contributed by atoms with van der Waals surface area (Å²) in [6.45, 7) is 0. The minimum absolute atomic E-state index is 0.480. The van der Waals surface area contributed by atoms with Crippen LogP contribution in [0.1, 0.15) is 0 Å². The number of hydrogen-bond acceptors (Lipinski definition) is 6. The van der Waals surface area contributed by atoms with Gasteiger partial charge in [0.25, 0.3) is 6.04 Å². The van der Waals surface area contributed by atoms with E-state index in [2.05, 4.69) is 21.1 Å². The van der Waals surface area contributed by atoms with Crippen molar-refractivity contribution in [3.05, 3.63) is 70.8 Å². The molecule has 0 aliphatic carbocycles. The summed E-state index contributed by atoms with van der Waals surface area (Å²) in [6, 6.07) is 17.2. The van der Waals surface area contributed by atoms with Crippen LogP contribution in [0.2, 0.25) is 0 Å². The van der Waals surface area contributed by atoms with Crippen LogP contribution in [0, 0.1) is 10.1 Å². The van der Waals surface area contributed by atoms with Gasteiger partial charge in [-0.1, -0.05) is 36.4 Å². The zero-order valence-electron chi connectivity index (χ0n) is 11.7. The Bertz CT molecular complexity index is 592. The Labute approximate surface area is 127 Å². The Morgan fingerprint density at radius 3 is 1.64 bits per heavy atom. The third-order valence-corrected chi connectivity index (χ3v) is 2.63. The molecule has 0 radical (unpaired) electrons. The quantitative estimate of drug-likeness (QED) is 0.467. The van der Waals surface area contributed by atoms with Gasteiger partial charge in [0.15, 0.2) is 0 Å². The molecule has 0 atom stereocenters. The van der Waals surface area contributed by atoms with Gasteiger partial charge in [-0.15, -0.1) is 0 Å². The zero-order valence-corrected chi connectivity index (χ0v) is 11.7. The molecule has 0 saturated heterocycles. The predicted octanol–water partition coefficient (Wildman–Crippen LogP) is 2.83. The van der Waals surface area contributed by atoms with Gasteiger partial charge in [0, 0.05) is 4.92 Å². The van der Waals surface area contributed by atoms with Gasteiger partial charge in [-0.2, -0.15) is 10.2 Å². The Kier molecular flexibility index (Phi) is 5.62. The van der Waals surface area contributed by atoms with Gasteiger partial charge in [0.05, 0.1) is 11.4 Å². The number of hydrogen-bond donors (Lipinski definition) is 2. The highest BCUT2D eigenvalue weighted by atomic mass is 16.6. The molecule has 0 aliphatic heterocycles. The van der Waals surface area contributed by atoms with Crippen LogP contribution in [0.15, 0.2) is 70.9 Å². The van der Waals surface area contributed by atoms with E-state index in [0.717, 1.165) is 11.4 Å². The summed E-state index contributed by atoms with van der Waals surface area (Å²) in [5.74, 6) is 0. The molecule has 22 heavy (non-hydrogen) atoms. The molecule has 7 nitrogen and oxygen atoms in total. The molecule has 0 amide bonds. The molecule has 2 aromatic carbocycles. The monoisotopic (exact) mass is 297 g/mol. The number of hydrazone groups is 2. The number of rotatable bonds is 7. The van der Waals surface area contributed by atoms with Crippen LogP contribution in [-0.2, 0) is 0 Å². The van der Waals surface area contributed by atoms with Gasteiger partial charge in [0.1, 0.15) is 12.4 Å². The van der Waals surface area contributed by atoms with Gasteiger partial charge in [-0.25, -0.2) is 0 Å². The molecule has 2 aromatic rings. The van der Waals surface area contributed by atoms with E-state index in [4.69, 9.17) is 0 Å². The van der Waals surface area contributed by atoms with E-state index in [1.807, 2.05) is 60.7 Å². The largest absolute Gasteiger partial charge is 0.286 e. The summed E-state index contributed by atoms with van der Waals surface area (Å²) in [6.07, 6.45) is 2.37. The second-order valence-electron chi connectivity index (χ2n) is 4.29. The fourth-order valence-electron chi connectivity index (χ4n) is 1.55. The third-order valence-electron chi connectivity index (χ3n) is 2.63. The van der Waals surface area contributed by atoms with Crippen molar-refractivity contribution in [1.82, 2.24) is 0 Å². The van der Waals surface area contributed by atoms with Crippen LogP contribution in [0.3, 0.4) is 0 Å². The number of benzene rings is 2. The van der Waals surface area contributed by atoms with Crippen LogP contribution < -0.4 is 10.9 Å². The lowest BCUT2D eigenvalue weighted by molar-refractivity contribution is -0.482. The van der Waals surface area contributed by atoms with Gasteiger partial charge >= 0.3 is 0 Å². The van der Waals surface area contributed by atoms with Gasteiger partial charge < -0.3 is 0 Å². The van der Waals surface area contributed by atoms with Gasteiger partial charge in [-0.05, 0) is 24.3 Å². The third kappa shape index (κ3) is 5.04. The molecule has 0 unspecified atom stereocenters. The summed E-state index contributed by atoms with van der Waals surface area (Å²) in [5, 5.41) is 18.7. The first-order chi connectivity index (χ1) is 10.8. The first-order valence-corrected chi connectivity index (χ1v) is 6.57. The average molecular weight is 297 g/mol. The van der Waals surface area contributed by atoms with Crippen LogP contribution in [-0.4, -0.2) is 23.4 Å². The van der Waals surface area contributed by atoms with Crippen LogP contribution in [0.25, 0.3) is 0 Å². The molecule has 0 spiro atoms. The van der Waals surface area contributed by atoms with E-state index in [0.29, 0.717) is 0 Å². The maximum absolute atomic E-state index is 11.0. The number of nitrogens with one attached hydrogen (secondary N) is 2. The van der Waals surface area contributed by atoms with Crippen molar-refractivity contribution in [2.24, 2.45) is 10.2 Å². The topological polar surface area (TPSA) is 91.9 Å². The molecular formula is C15H15N5O2. The zero-order chi connectivity index (χ0) is 15.6. The van der Waals surface area contributed by atoms with E-state index < -0.39 is 11.0 Å². The molecule has 2 rings (SSSR count). The Morgan fingerprint density at radius 1 is 0.864 bits per heavy atom. The fourth-order valence-corrected chi connectivity index (χ4v) is 1.55. The van der Waals surface area contributed by atoms with Crippen molar-refractivity contribution in [2.45, 2.75) is 6.04 Å². The van der Waals surface area contributed by atoms with Crippen molar-refractivity contribution >= 4 is 23.8 Å². The van der Waals surface area contributed by atoms with Crippen LogP contribution >= 0.6 is 0 Å². The van der Waals surface area contributed by atoms with E-state index in [1.54, 1.807) is 0 Å². The maximum Gasteiger partial charge on any atom is 0.286 e. The fraction of sp³-hybridized carbons (Fsp3) is 0.0667. The molecular weight excluding hydrogens is 282 g/mol. The molecule has 0 bridgehead atoms. The highest BCUT2D eigenvalue weighted by Gasteiger charge is 2.13. The maximum atomic E-state index is 11.0. The van der Waals surface area contributed by atoms with Crippen LogP contribution in [0.4, 0.5) is 11.4 Å². The van der Waals surface area contributed by atoms with Crippen molar-refractivity contribution in [3.8, 4) is 0 Å². The molecule has 0 aliphatic rings. The SMILES string of the molecule is O=[N+]([O-])C(/C=N\Nc1ccccc1)/C=N\Nc1ccccc1. The minimum atomic E-state index is -1.12. The average Bonchev–Trinajstić information content (AvgIpc) is 2.55. The summed E-state index contributed by atoms with van der Waals surface area (Å²) in [7, 11) is 0. The smallest absolute Gasteiger partial charge is 0.279 e. The Morgan fingerprint density at radius 2 is 1.27 bits per heavy atom. The lowest BCUT2D eigenvalue weighted by atomic mass is 10.3. The highest BCUT2D eigenvalue weighted by Crippen LogP contribution is 2.05. The Hall–Kier alpha value is -3.22. The summed E-state index contributed by atoms with van der Waals surface area (Å²) in [4.78, 5) is 10.5. The summed E-state index contributed by atoms with van der Waals surface area (Å²) >= 11 is 0. The molecule has 0 saturated carbocycles. The molecule has 0 aromatic heterocycles. The summed E-state index contributed by atoms with van der Waals surface area (Å²) < 4.78 is 0. The van der Waals surface area contributed by atoms with Crippen LogP contribution in [0.5, 0.6) is 0 Å². The lowest BCUT2D eigenvalue weighted by Crippen LogP contribution is -2.23. The highest BCUT2D eigenvalue weighted by molar-refractivity contribution is 5.86. The normalized spacial score (nSPS) is 11.1. The minimum Gasteiger partial charge on any atom is -0.279 e. The molecule has 2 N–H and O–H groups in total. The van der Waals surface area contributed by atoms with Crippen molar-refractivity contribution in [3.63, 3.8) is 0 Å². The van der Waals surface area contributed by atoms with E-state index >= 15 is 0 Å². The molecule has 0 fully saturated rings. The molecule has 112 valence electrons. The van der Waals surface area contributed by atoms with Crippen molar-refractivity contribution < 1.29 is 4.92 Å². The Balaban J connectivity index is 1.91. The van der Waals surface area contributed by atoms with Crippen molar-refractivity contribution in [1.29, 1.82) is 0 Å². The number of nitrogens with zero attached hydrogens (tertiary/aromatic N) is 3. The van der Waals surface area contributed by atoms with Crippen molar-refractivity contribution in [2.75, 3.05) is 10.9 Å². The predicted molar refractivity (Wildman–Crippen MR) is 87.9 cm³/mol. The standard InChI is InChI=1S/C15H15N5O2/c21-20(22)15(11-16-18-13-7-3-1-4-8-13)12-17-19-14-9-5-2-6-10-14/h1-12,15,18-19H/b16-11-,17-12-. The molecule has 7 heteroatoms. The van der Waals surface area contributed by atoms with Gasteiger partial charge in [-0.3, -0.25) is 21.0 Å². The second kappa shape index (κ2) is 8.15. The summed E-state index contributed by atoms with van der Waals surface area (Å²) in [5.41, 5.74) is 6.94. The van der Waals surface area contributed by atoms with E-state index in [1.165, 1.54) is 12.4 Å². The second-order valence-corrected chi connectivity index (χ2v) is 4.29.